The number of epoxide rings is 1. The van der Waals surface area contributed by atoms with Gasteiger partial charge in [-0.15, -0.1) is 0 Å². The molecule has 0 radical (unpaired) electrons. The molecule has 74 valence electrons. The fourth-order valence-electron chi connectivity index (χ4n) is 2.28. The van der Waals surface area contributed by atoms with E-state index >= 15 is 0 Å². The van der Waals surface area contributed by atoms with E-state index in [1.165, 1.54) is 0 Å². The van der Waals surface area contributed by atoms with Gasteiger partial charge in [-0.3, -0.25) is 4.79 Å². The Morgan fingerprint density at radius 3 is 2.54 bits per heavy atom. The first-order valence-corrected chi connectivity index (χ1v) is 5.19. The Morgan fingerprint density at radius 2 is 2.08 bits per heavy atom. The fraction of sp³-hybridized carbons (Fsp3) is 0.909. The van der Waals surface area contributed by atoms with Gasteiger partial charge in [0.2, 0.25) is 0 Å². The van der Waals surface area contributed by atoms with E-state index in [0.29, 0.717) is 23.9 Å². The molecule has 2 nitrogen and oxygen atoms in total. The van der Waals surface area contributed by atoms with Crippen molar-refractivity contribution in [1.29, 1.82) is 0 Å². The molecule has 2 rings (SSSR count). The Kier molecular flexibility index (Phi) is 1.99. The smallest absolute Gasteiger partial charge is 0.138 e. The molecule has 0 aromatic carbocycles. The molecule has 0 N–H and O–H groups in total. The Balaban J connectivity index is 1.96. The summed E-state index contributed by atoms with van der Waals surface area (Å²) < 4.78 is 5.42. The molecule has 2 aliphatic rings. The molecule has 0 aromatic heterocycles. The third-order valence-electron chi connectivity index (χ3n) is 3.57. The SMILES string of the molecule is CC1OC1C1CCC(C)(C)C(=O)C1. The van der Waals surface area contributed by atoms with Crippen molar-refractivity contribution in [3.05, 3.63) is 0 Å². The molecule has 3 unspecified atom stereocenters. The van der Waals surface area contributed by atoms with Crippen LogP contribution < -0.4 is 0 Å². The average Bonchev–Trinajstić information content (AvgIpc) is 2.73. The summed E-state index contributed by atoms with van der Waals surface area (Å²) in [6, 6.07) is 0. The number of carbonyl (C=O) groups is 1. The number of carbonyl (C=O) groups excluding carboxylic acids is 1. The number of hydrogen-bond donors (Lipinski definition) is 0. The monoisotopic (exact) mass is 182 g/mol. The van der Waals surface area contributed by atoms with Crippen molar-refractivity contribution >= 4 is 5.78 Å². The van der Waals surface area contributed by atoms with Gasteiger partial charge in [0.1, 0.15) is 5.78 Å². The maximum Gasteiger partial charge on any atom is 0.138 e. The van der Waals surface area contributed by atoms with Crippen molar-refractivity contribution in [1.82, 2.24) is 0 Å². The highest BCUT2D eigenvalue weighted by atomic mass is 16.6. The quantitative estimate of drug-likeness (QED) is 0.582. The lowest BCUT2D eigenvalue weighted by molar-refractivity contribution is -0.131. The van der Waals surface area contributed by atoms with Crippen LogP contribution in [0.1, 0.15) is 40.0 Å². The van der Waals surface area contributed by atoms with Crippen molar-refractivity contribution < 1.29 is 9.53 Å². The van der Waals surface area contributed by atoms with Gasteiger partial charge in [-0.2, -0.15) is 0 Å². The molecule has 1 heterocycles. The first-order valence-electron chi connectivity index (χ1n) is 5.19. The second-order valence-corrected chi connectivity index (χ2v) is 5.12. The number of Topliss-reactive ketones (excluding diaryl/α,β-unsaturated/α-hetero) is 1. The minimum Gasteiger partial charge on any atom is -0.370 e. The average molecular weight is 182 g/mol. The van der Waals surface area contributed by atoms with Gasteiger partial charge in [0.15, 0.2) is 0 Å². The number of ether oxygens (including phenoxy) is 1. The maximum atomic E-state index is 11.7. The summed E-state index contributed by atoms with van der Waals surface area (Å²) in [4.78, 5) is 11.7. The summed E-state index contributed by atoms with van der Waals surface area (Å²) in [7, 11) is 0. The molecule has 0 bridgehead atoms. The Labute approximate surface area is 79.7 Å². The Morgan fingerprint density at radius 1 is 1.46 bits per heavy atom. The first-order chi connectivity index (χ1) is 6.00. The zero-order chi connectivity index (χ0) is 9.64. The van der Waals surface area contributed by atoms with Crippen molar-refractivity contribution in [2.75, 3.05) is 0 Å². The molecule has 0 spiro atoms. The lowest BCUT2D eigenvalue weighted by atomic mass is 9.71. The zero-order valence-electron chi connectivity index (χ0n) is 8.67. The first kappa shape index (κ1) is 9.20. The predicted molar refractivity (Wildman–Crippen MR) is 50.5 cm³/mol. The Bertz CT molecular complexity index is 232. The van der Waals surface area contributed by atoms with Gasteiger partial charge in [-0.25, -0.2) is 0 Å². The lowest BCUT2D eigenvalue weighted by Crippen LogP contribution is -2.34. The molecule has 0 aromatic rings. The van der Waals surface area contributed by atoms with Gasteiger partial charge in [0.25, 0.3) is 0 Å². The minimum absolute atomic E-state index is 0.0748. The van der Waals surface area contributed by atoms with Gasteiger partial charge in [-0.1, -0.05) is 13.8 Å². The molecule has 1 saturated heterocycles. The maximum absolute atomic E-state index is 11.7. The van der Waals surface area contributed by atoms with E-state index in [1.54, 1.807) is 0 Å². The van der Waals surface area contributed by atoms with E-state index < -0.39 is 0 Å². The van der Waals surface area contributed by atoms with E-state index in [9.17, 15) is 4.79 Å². The van der Waals surface area contributed by atoms with E-state index in [1.807, 2.05) is 0 Å². The van der Waals surface area contributed by atoms with Crippen LogP contribution in [0.25, 0.3) is 0 Å². The van der Waals surface area contributed by atoms with Crippen molar-refractivity contribution in [2.45, 2.75) is 52.2 Å². The van der Waals surface area contributed by atoms with E-state index in [-0.39, 0.29) is 5.41 Å². The summed E-state index contributed by atoms with van der Waals surface area (Å²) in [5, 5.41) is 0. The van der Waals surface area contributed by atoms with Crippen LogP contribution in [0.3, 0.4) is 0 Å². The molecule has 1 aliphatic heterocycles. The van der Waals surface area contributed by atoms with Gasteiger partial charge in [-0.05, 0) is 25.7 Å². The van der Waals surface area contributed by atoms with Crippen LogP contribution in [0.5, 0.6) is 0 Å². The van der Waals surface area contributed by atoms with Gasteiger partial charge >= 0.3 is 0 Å². The third-order valence-corrected chi connectivity index (χ3v) is 3.57. The summed E-state index contributed by atoms with van der Waals surface area (Å²) in [6.07, 6.45) is 3.72. The van der Waals surface area contributed by atoms with Crippen molar-refractivity contribution in [2.24, 2.45) is 11.3 Å². The molecule has 1 aliphatic carbocycles. The lowest BCUT2D eigenvalue weighted by Gasteiger charge is -2.32. The summed E-state index contributed by atoms with van der Waals surface area (Å²) >= 11 is 0. The third kappa shape index (κ3) is 1.64. The normalized spacial score (nSPS) is 43.3. The van der Waals surface area contributed by atoms with Gasteiger partial charge in [0.05, 0.1) is 12.2 Å². The predicted octanol–water partition coefficient (Wildman–Crippen LogP) is 2.17. The number of ketones is 1. The summed E-state index contributed by atoms with van der Waals surface area (Å²) in [5.74, 6) is 0.932. The summed E-state index contributed by atoms with van der Waals surface area (Å²) in [5.41, 5.74) is -0.0748. The fourth-order valence-corrected chi connectivity index (χ4v) is 2.28. The molecule has 0 amide bonds. The molecular weight excluding hydrogens is 164 g/mol. The van der Waals surface area contributed by atoms with E-state index in [0.717, 1.165) is 19.3 Å². The summed E-state index contributed by atoms with van der Waals surface area (Å²) in [6.45, 7) is 6.21. The standard InChI is InChI=1S/C11H18O2/c1-7-10(13-7)8-4-5-11(2,3)9(12)6-8/h7-8,10H,4-6H2,1-3H3. The second kappa shape index (κ2) is 2.81. The van der Waals surface area contributed by atoms with Crippen LogP contribution in [0.15, 0.2) is 0 Å². The molecule has 1 saturated carbocycles. The van der Waals surface area contributed by atoms with Crippen LogP contribution >= 0.6 is 0 Å². The zero-order valence-corrected chi connectivity index (χ0v) is 8.67. The molecule has 3 atom stereocenters. The van der Waals surface area contributed by atoms with E-state index in [4.69, 9.17) is 4.74 Å². The number of rotatable bonds is 1. The molecule has 13 heavy (non-hydrogen) atoms. The van der Waals surface area contributed by atoms with E-state index in [2.05, 4.69) is 20.8 Å². The molecular formula is C11H18O2. The van der Waals surface area contributed by atoms with Gasteiger partial charge in [0, 0.05) is 11.8 Å². The Hall–Kier alpha value is -0.370. The molecule has 2 heteroatoms. The largest absolute Gasteiger partial charge is 0.370 e. The highest BCUT2D eigenvalue weighted by Gasteiger charge is 2.46. The minimum atomic E-state index is -0.0748. The van der Waals surface area contributed by atoms with Crippen LogP contribution in [0.2, 0.25) is 0 Å². The topological polar surface area (TPSA) is 29.6 Å². The highest BCUT2D eigenvalue weighted by Crippen LogP contribution is 2.42. The van der Waals surface area contributed by atoms with Crippen LogP contribution in [0, 0.1) is 11.3 Å². The van der Waals surface area contributed by atoms with Crippen LogP contribution in [-0.4, -0.2) is 18.0 Å². The van der Waals surface area contributed by atoms with Crippen LogP contribution in [-0.2, 0) is 9.53 Å². The number of hydrogen-bond acceptors (Lipinski definition) is 2. The second-order valence-electron chi connectivity index (χ2n) is 5.12. The van der Waals surface area contributed by atoms with Gasteiger partial charge < -0.3 is 4.74 Å². The van der Waals surface area contributed by atoms with Crippen molar-refractivity contribution in [3.63, 3.8) is 0 Å². The highest BCUT2D eigenvalue weighted by molar-refractivity contribution is 5.85. The molecule has 2 fully saturated rings. The van der Waals surface area contributed by atoms with Crippen LogP contribution in [0.4, 0.5) is 0 Å². The van der Waals surface area contributed by atoms with Crippen molar-refractivity contribution in [3.8, 4) is 0 Å².